The summed E-state index contributed by atoms with van der Waals surface area (Å²) < 4.78 is 19.1. The van der Waals surface area contributed by atoms with E-state index in [9.17, 15) is 0 Å². The van der Waals surface area contributed by atoms with Crippen LogP contribution < -0.4 is 18.9 Å². The third-order valence-electron chi connectivity index (χ3n) is 7.06. The number of hydrogen-bond acceptors (Lipinski definition) is 4. The molecule has 8 heteroatoms. The Balaban J connectivity index is 1.59. The van der Waals surface area contributed by atoms with Gasteiger partial charge >= 0.3 is 9.41 Å². The van der Waals surface area contributed by atoms with Gasteiger partial charge in [-0.1, -0.05) is 27.7 Å². The summed E-state index contributed by atoms with van der Waals surface area (Å²) in [5.41, 5.74) is 4.34. The van der Waals surface area contributed by atoms with Gasteiger partial charge in [-0.05, 0) is 117 Å². The lowest BCUT2D eigenvalue weighted by Gasteiger charge is -2.30. The number of halogens is 4. The number of hydrogen-bond donors (Lipinski definition) is 0. The van der Waals surface area contributed by atoms with Gasteiger partial charge in [-0.3, -0.25) is 0 Å². The maximum Gasteiger partial charge on any atom is 0.419 e. The molecule has 0 fully saturated rings. The fraction of sp³-hybridized carbons (Fsp3) is 0.478. The molecule has 0 bridgehead atoms. The molecule has 0 saturated heterocycles. The van der Waals surface area contributed by atoms with E-state index in [-0.39, 0.29) is 16.2 Å². The number of alkyl halides is 4. The largest absolute Gasteiger partial charge is 0.423 e. The average molecular weight is 502 g/mol. The van der Waals surface area contributed by atoms with Crippen molar-refractivity contribution in [1.82, 2.24) is 0 Å². The zero-order valence-electron chi connectivity index (χ0n) is 17.4. The molecule has 2 aliphatic heterocycles. The Hall–Kier alpha value is -1.20. The Kier molecular flexibility index (Phi) is 3.72. The highest BCUT2D eigenvalue weighted by Crippen LogP contribution is 2.66. The van der Waals surface area contributed by atoms with Crippen LogP contribution >= 0.6 is 46.4 Å². The van der Waals surface area contributed by atoms with Gasteiger partial charge in [0.2, 0.25) is 0 Å². The first-order chi connectivity index (χ1) is 14.2. The molecule has 31 heavy (non-hydrogen) atoms. The van der Waals surface area contributed by atoms with Crippen molar-refractivity contribution in [3.8, 4) is 23.0 Å². The van der Waals surface area contributed by atoms with Gasteiger partial charge in [-0.2, -0.15) is 0 Å². The first kappa shape index (κ1) is 20.4. The number of benzene rings is 2. The van der Waals surface area contributed by atoms with Crippen LogP contribution in [-0.2, 0) is 16.2 Å². The van der Waals surface area contributed by atoms with Crippen LogP contribution in [0.3, 0.4) is 0 Å². The van der Waals surface area contributed by atoms with Crippen LogP contribution in [0.2, 0.25) is 0 Å². The first-order valence-electron chi connectivity index (χ1n) is 10.1. The Bertz CT molecular complexity index is 1080. The van der Waals surface area contributed by atoms with Crippen molar-refractivity contribution in [2.75, 3.05) is 0 Å². The van der Waals surface area contributed by atoms with Crippen LogP contribution in [0.4, 0.5) is 0 Å². The monoisotopic (exact) mass is 500 g/mol. The maximum atomic E-state index is 6.10. The smallest absolute Gasteiger partial charge is 0.419 e. The van der Waals surface area contributed by atoms with Crippen molar-refractivity contribution in [2.45, 2.75) is 66.2 Å². The van der Waals surface area contributed by atoms with E-state index in [1.54, 1.807) is 0 Å². The van der Waals surface area contributed by atoms with Gasteiger partial charge in [-0.15, -0.1) is 0 Å². The van der Waals surface area contributed by atoms with E-state index in [1.165, 1.54) is 22.3 Å². The summed E-state index contributed by atoms with van der Waals surface area (Å²) in [6, 6.07) is 8.11. The molecule has 2 aromatic rings. The van der Waals surface area contributed by atoms with E-state index in [0.717, 1.165) is 12.8 Å². The molecule has 0 radical (unpaired) electrons. The topological polar surface area (TPSA) is 36.9 Å². The van der Waals surface area contributed by atoms with Crippen molar-refractivity contribution in [3.63, 3.8) is 0 Å². The molecule has 2 aliphatic carbocycles. The highest BCUT2D eigenvalue weighted by molar-refractivity contribution is 6.47. The highest BCUT2D eigenvalue weighted by Gasteiger charge is 2.58. The summed E-state index contributed by atoms with van der Waals surface area (Å²) in [5.74, 6) is 2.22. The SMILES string of the molecule is CC1(C)CC2(CC(C)(C)c3cc4c(cc32)OC(Cl)(Cl)O4)c2cc3c(cc21)OC(Cl)(Cl)O3. The van der Waals surface area contributed by atoms with Gasteiger partial charge in [0.1, 0.15) is 0 Å². The molecular formula is C23H20Cl4O4. The van der Waals surface area contributed by atoms with Crippen LogP contribution in [0.5, 0.6) is 23.0 Å². The van der Waals surface area contributed by atoms with Crippen LogP contribution in [0.25, 0.3) is 0 Å². The zero-order chi connectivity index (χ0) is 22.2. The molecule has 0 atom stereocenters. The van der Waals surface area contributed by atoms with E-state index in [0.29, 0.717) is 23.0 Å². The number of rotatable bonds is 0. The zero-order valence-corrected chi connectivity index (χ0v) is 20.4. The molecule has 2 aromatic carbocycles. The molecule has 4 nitrogen and oxygen atoms in total. The van der Waals surface area contributed by atoms with E-state index in [4.69, 9.17) is 65.4 Å². The maximum absolute atomic E-state index is 6.10. The lowest BCUT2D eigenvalue weighted by molar-refractivity contribution is 0.0845. The van der Waals surface area contributed by atoms with E-state index in [1.807, 2.05) is 24.3 Å². The fourth-order valence-corrected chi connectivity index (χ4v) is 6.86. The van der Waals surface area contributed by atoms with Gasteiger partial charge in [0, 0.05) is 5.41 Å². The molecule has 4 aliphatic rings. The van der Waals surface area contributed by atoms with Crippen molar-refractivity contribution >= 4 is 46.4 Å². The summed E-state index contributed by atoms with van der Waals surface area (Å²) >= 11 is 24.4. The fourth-order valence-electron chi connectivity index (χ4n) is 6.19. The van der Waals surface area contributed by atoms with E-state index >= 15 is 0 Å². The lowest BCUT2D eigenvalue weighted by atomic mass is 9.72. The standard InChI is InChI=1S/C23H20Cl4O4/c1-19(2)9-21(13-7-17-15(5-11(13)19)28-22(24,25)30-17)10-20(3,4)12-6-16-18(8-14(12)21)31-23(26,27)29-16/h5-8H,9-10H2,1-4H3. The second kappa shape index (κ2) is 5.64. The van der Waals surface area contributed by atoms with Gasteiger partial charge in [-0.25, -0.2) is 0 Å². The molecule has 0 N–H and O–H groups in total. The van der Waals surface area contributed by atoms with Gasteiger partial charge in [0.05, 0.1) is 0 Å². The average Bonchev–Trinajstić information content (AvgIpc) is 3.21. The normalized spacial score (nSPS) is 25.5. The Morgan fingerprint density at radius 1 is 0.548 bits per heavy atom. The van der Waals surface area contributed by atoms with Crippen LogP contribution in [0.15, 0.2) is 24.3 Å². The summed E-state index contributed by atoms with van der Waals surface area (Å²) in [6.45, 7) is 8.99. The minimum atomic E-state index is -1.71. The van der Waals surface area contributed by atoms with Crippen molar-refractivity contribution in [1.29, 1.82) is 0 Å². The van der Waals surface area contributed by atoms with E-state index < -0.39 is 9.41 Å². The van der Waals surface area contributed by atoms with Crippen molar-refractivity contribution in [2.24, 2.45) is 0 Å². The predicted molar refractivity (Wildman–Crippen MR) is 120 cm³/mol. The third-order valence-corrected chi connectivity index (χ3v) is 7.68. The van der Waals surface area contributed by atoms with Crippen molar-refractivity contribution < 1.29 is 18.9 Å². The molecule has 0 saturated carbocycles. The second-order valence-electron chi connectivity index (χ2n) is 10.2. The van der Waals surface area contributed by atoms with Crippen molar-refractivity contribution in [3.05, 3.63) is 46.5 Å². The Morgan fingerprint density at radius 3 is 1.16 bits per heavy atom. The van der Waals surface area contributed by atoms with Gasteiger partial charge in [0.25, 0.3) is 0 Å². The molecule has 0 unspecified atom stereocenters. The summed E-state index contributed by atoms with van der Waals surface area (Å²) in [4.78, 5) is 0. The predicted octanol–water partition coefficient (Wildman–Crippen LogP) is 7.06. The summed E-state index contributed by atoms with van der Waals surface area (Å²) in [5, 5.41) is 0. The minimum absolute atomic E-state index is 0.103. The van der Waals surface area contributed by atoms with Crippen LogP contribution in [0.1, 0.15) is 62.8 Å². The number of fused-ring (bicyclic) bond motifs is 6. The lowest BCUT2D eigenvalue weighted by Crippen LogP contribution is -2.27. The minimum Gasteiger partial charge on any atom is -0.423 e. The van der Waals surface area contributed by atoms with Gasteiger partial charge < -0.3 is 18.9 Å². The van der Waals surface area contributed by atoms with Gasteiger partial charge in [0.15, 0.2) is 23.0 Å². The highest BCUT2D eigenvalue weighted by atomic mass is 35.5. The first-order valence-corrected chi connectivity index (χ1v) is 11.6. The molecule has 1 spiro atoms. The molecule has 0 amide bonds. The molecule has 0 aromatic heterocycles. The van der Waals surface area contributed by atoms with E-state index in [2.05, 4.69) is 27.7 Å². The molecule has 6 rings (SSSR count). The Labute approximate surface area is 200 Å². The molecule has 2 heterocycles. The van der Waals surface area contributed by atoms with Crippen LogP contribution in [-0.4, -0.2) is 9.41 Å². The second-order valence-corrected chi connectivity index (χ2v) is 12.6. The summed E-state index contributed by atoms with van der Waals surface area (Å²) in [7, 11) is 0. The quantitative estimate of drug-likeness (QED) is 0.362. The van der Waals surface area contributed by atoms with Crippen LogP contribution in [0, 0.1) is 0 Å². The molecule has 164 valence electrons. The summed E-state index contributed by atoms with van der Waals surface area (Å²) in [6.07, 6.45) is 1.85. The Morgan fingerprint density at radius 2 is 0.839 bits per heavy atom. The third kappa shape index (κ3) is 2.75. The number of ether oxygens (including phenoxy) is 4. The molecular weight excluding hydrogens is 482 g/mol.